The van der Waals surface area contributed by atoms with Gasteiger partial charge >= 0.3 is 5.97 Å². The van der Waals surface area contributed by atoms with Crippen molar-refractivity contribution in [2.24, 2.45) is 0 Å². The number of anilines is 1. The Morgan fingerprint density at radius 2 is 1.77 bits per heavy atom. The number of hydrogen-bond donors (Lipinski definition) is 2. The van der Waals surface area contributed by atoms with Crippen molar-refractivity contribution < 1.29 is 24.2 Å². The van der Waals surface area contributed by atoms with E-state index >= 15 is 0 Å². The highest BCUT2D eigenvalue weighted by molar-refractivity contribution is 5.96. The molecule has 0 aliphatic heterocycles. The Morgan fingerprint density at radius 3 is 2.35 bits per heavy atom. The SMILES string of the molecule is Cc1cccc(C)c1OCC(=O)Nc1cc(C(=O)O)ccc1OC(C)C. The molecule has 6 heteroatoms. The number of rotatable bonds is 7. The zero-order valence-corrected chi connectivity index (χ0v) is 15.3. The van der Waals surface area contributed by atoms with E-state index in [9.17, 15) is 9.59 Å². The summed E-state index contributed by atoms with van der Waals surface area (Å²) in [5.74, 6) is -0.404. The van der Waals surface area contributed by atoms with E-state index in [1.54, 1.807) is 0 Å². The first-order valence-electron chi connectivity index (χ1n) is 8.30. The van der Waals surface area contributed by atoms with Crippen molar-refractivity contribution in [3.8, 4) is 11.5 Å². The average Bonchev–Trinajstić information content (AvgIpc) is 2.55. The number of para-hydroxylation sites is 1. The summed E-state index contributed by atoms with van der Waals surface area (Å²) >= 11 is 0. The fourth-order valence-corrected chi connectivity index (χ4v) is 2.47. The van der Waals surface area contributed by atoms with E-state index in [1.807, 2.05) is 45.9 Å². The first-order chi connectivity index (χ1) is 12.3. The van der Waals surface area contributed by atoms with Crippen LogP contribution in [0.1, 0.15) is 35.3 Å². The van der Waals surface area contributed by atoms with Gasteiger partial charge in [-0.3, -0.25) is 4.79 Å². The number of carbonyl (C=O) groups is 2. The lowest BCUT2D eigenvalue weighted by molar-refractivity contribution is -0.118. The second-order valence-electron chi connectivity index (χ2n) is 6.24. The minimum absolute atomic E-state index is 0.0621. The Morgan fingerprint density at radius 1 is 1.12 bits per heavy atom. The summed E-state index contributed by atoms with van der Waals surface area (Å²) in [4.78, 5) is 23.5. The predicted molar refractivity (Wildman–Crippen MR) is 99.2 cm³/mol. The molecule has 1 amide bonds. The van der Waals surface area contributed by atoms with Crippen molar-refractivity contribution in [1.29, 1.82) is 0 Å². The number of ether oxygens (including phenoxy) is 2. The van der Waals surface area contributed by atoms with E-state index in [2.05, 4.69) is 5.32 Å². The summed E-state index contributed by atoms with van der Waals surface area (Å²) in [7, 11) is 0. The number of aryl methyl sites for hydroxylation is 2. The van der Waals surface area contributed by atoms with Gasteiger partial charge in [-0.1, -0.05) is 18.2 Å². The molecule has 0 aromatic heterocycles. The molecule has 0 unspecified atom stereocenters. The fourth-order valence-electron chi connectivity index (χ4n) is 2.47. The summed E-state index contributed by atoms with van der Waals surface area (Å²) < 4.78 is 11.3. The monoisotopic (exact) mass is 357 g/mol. The first-order valence-corrected chi connectivity index (χ1v) is 8.30. The Hall–Kier alpha value is -3.02. The van der Waals surface area contributed by atoms with Gasteiger partial charge in [0.05, 0.1) is 17.4 Å². The van der Waals surface area contributed by atoms with Gasteiger partial charge in [0.2, 0.25) is 0 Å². The van der Waals surface area contributed by atoms with E-state index in [0.29, 0.717) is 17.2 Å². The smallest absolute Gasteiger partial charge is 0.335 e. The maximum absolute atomic E-state index is 12.3. The van der Waals surface area contributed by atoms with Gasteiger partial charge in [-0.05, 0) is 57.0 Å². The van der Waals surface area contributed by atoms with Gasteiger partial charge < -0.3 is 19.9 Å². The van der Waals surface area contributed by atoms with Crippen LogP contribution in [0.3, 0.4) is 0 Å². The van der Waals surface area contributed by atoms with Crippen LogP contribution in [0.15, 0.2) is 36.4 Å². The third kappa shape index (κ3) is 4.99. The van der Waals surface area contributed by atoms with Gasteiger partial charge in [-0.15, -0.1) is 0 Å². The molecule has 2 rings (SSSR count). The van der Waals surface area contributed by atoms with Crippen LogP contribution in [0, 0.1) is 13.8 Å². The van der Waals surface area contributed by atoms with Crippen LogP contribution >= 0.6 is 0 Å². The molecule has 0 aliphatic rings. The molecule has 0 aliphatic carbocycles. The van der Waals surface area contributed by atoms with Crippen LogP contribution in [-0.2, 0) is 4.79 Å². The third-order valence-electron chi connectivity index (χ3n) is 3.62. The highest BCUT2D eigenvalue weighted by atomic mass is 16.5. The van der Waals surface area contributed by atoms with Gasteiger partial charge in [-0.25, -0.2) is 4.79 Å². The maximum atomic E-state index is 12.3. The standard InChI is InChI=1S/C20H23NO5/c1-12(2)26-17-9-8-15(20(23)24)10-16(17)21-18(22)11-25-19-13(3)6-5-7-14(19)4/h5-10,12H,11H2,1-4H3,(H,21,22)(H,23,24). The molecule has 0 radical (unpaired) electrons. The van der Waals surface area contributed by atoms with Gasteiger partial charge in [0, 0.05) is 0 Å². The van der Waals surface area contributed by atoms with Crippen molar-refractivity contribution in [2.75, 3.05) is 11.9 Å². The molecule has 2 aromatic carbocycles. The molecule has 0 atom stereocenters. The van der Waals surface area contributed by atoms with Crippen LogP contribution in [0.25, 0.3) is 0 Å². The lowest BCUT2D eigenvalue weighted by atomic mass is 10.1. The minimum atomic E-state index is -1.08. The second-order valence-corrected chi connectivity index (χ2v) is 6.24. The number of hydrogen-bond acceptors (Lipinski definition) is 4. The molecule has 0 saturated heterocycles. The molecule has 26 heavy (non-hydrogen) atoms. The molecule has 6 nitrogen and oxygen atoms in total. The molecule has 0 fully saturated rings. The van der Waals surface area contributed by atoms with Crippen molar-refractivity contribution >= 4 is 17.6 Å². The Labute approximate surface area is 152 Å². The number of carboxylic acids is 1. The molecule has 2 N–H and O–H groups in total. The van der Waals surface area contributed by atoms with Crippen molar-refractivity contribution in [1.82, 2.24) is 0 Å². The van der Waals surface area contributed by atoms with Gasteiger partial charge in [0.15, 0.2) is 6.61 Å². The molecule has 2 aromatic rings. The molecular weight excluding hydrogens is 334 g/mol. The molecular formula is C20H23NO5. The van der Waals surface area contributed by atoms with E-state index < -0.39 is 11.9 Å². The lowest BCUT2D eigenvalue weighted by Crippen LogP contribution is -2.22. The van der Waals surface area contributed by atoms with Crippen LogP contribution in [0.5, 0.6) is 11.5 Å². The molecule has 0 bridgehead atoms. The normalized spacial score (nSPS) is 10.5. The van der Waals surface area contributed by atoms with E-state index in [1.165, 1.54) is 18.2 Å². The van der Waals surface area contributed by atoms with Gasteiger partial charge in [0.1, 0.15) is 11.5 Å². The van der Waals surface area contributed by atoms with Crippen molar-refractivity contribution in [3.05, 3.63) is 53.1 Å². The molecule has 0 heterocycles. The zero-order valence-electron chi connectivity index (χ0n) is 15.3. The number of carboxylic acid groups (broad SMARTS) is 1. The van der Waals surface area contributed by atoms with E-state index in [4.69, 9.17) is 14.6 Å². The largest absolute Gasteiger partial charge is 0.489 e. The highest BCUT2D eigenvalue weighted by Gasteiger charge is 2.14. The number of amides is 1. The summed E-state index contributed by atoms with van der Waals surface area (Å²) in [5.41, 5.74) is 2.24. The number of aromatic carboxylic acids is 1. The van der Waals surface area contributed by atoms with Crippen LogP contribution < -0.4 is 14.8 Å². The maximum Gasteiger partial charge on any atom is 0.335 e. The fraction of sp³-hybridized carbons (Fsp3) is 0.300. The highest BCUT2D eigenvalue weighted by Crippen LogP contribution is 2.27. The topological polar surface area (TPSA) is 84.9 Å². The van der Waals surface area contributed by atoms with Crippen molar-refractivity contribution in [2.45, 2.75) is 33.8 Å². The first kappa shape index (κ1) is 19.3. The predicted octanol–water partition coefficient (Wildman–Crippen LogP) is 3.81. The number of carbonyl (C=O) groups excluding carboxylic acids is 1. The minimum Gasteiger partial charge on any atom is -0.489 e. The summed E-state index contributed by atoms with van der Waals surface area (Å²) in [5, 5.41) is 11.8. The molecule has 0 saturated carbocycles. The third-order valence-corrected chi connectivity index (χ3v) is 3.62. The molecule has 138 valence electrons. The quantitative estimate of drug-likeness (QED) is 0.787. The van der Waals surface area contributed by atoms with E-state index in [-0.39, 0.29) is 18.3 Å². The lowest BCUT2D eigenvalue weighted by Gasteiger charge is -2.16. The average molecular weight is 357 g/mol. The number of nitrogens with one attached hydrogen (secondary N) is 1. The van der Waals surface area contributed by atoms with Crippen LogP contribution in [0.4, 0.5) is 5.69 Å². The summed E-state index contributed by atoms with van der Waals surface area (Å²) in [6, 6.07) is 10.1. The van der Waals surface area contributed by atoms with Crippen LogP contribution in [-0.4, -0.2) is 29.7 Å². The van der Waals surface area contributed by atoms with E-state index in [0.717, 1.165) is 11.1 Å². The zero-order chi connectivity index (χ0) is 19.3. The van der Waals surface area contributed by atoms with Crippen molar-refractivity contribution in [3.63, 3.8) is 0 Å². The second kappa shape index (κ2) is 8.38. The Kier molecular flexibility index (Phi) is 6.22. The number of benzene rings is 2. The Bertz CT molecular complexity index is 794. The van der Waals surface area contributed by atoms with Gasteiger partial charge in [0.25, 0.3) is 5.91 Å². The summed E-state index contributed by atoms with van der Waals surface area (Å²) in [6.07, 6.45) is -0.118. The summed E-state index contributed by atoms with van der Waals surface area (Å²) in [6.45, 7) is 7.32. The van der Waals surface area contributed by atoms with Gasteiger partial charge in [-0.2, -0.15) is 0 Å². The Balaban J connectivity index is 2.14. The molecule has 0 spiro atoms. The van der Waals surface area contributed by atoms with Crippen LogP contribution in [0.2, 0.25) is 0 Å².